The number of Topliss-reactive ketones (excluding diaryl/α,β-unsaturated/α-hetero) is 1. The van der Waals surface area contributed by atoms with Crippen molar-refractivity contribution in [2.24, 2.45) is 7.05 Å². The summed E-state index contributed by atoms with van der Waals surface area (Å²) in [7, 11) is 1.87. The number of hydrogen-bond donors (Lipinski definition) is 1. The Bertz CT molecular complexity index is 1010. The van der Waals surface area contributed by atoms with Crippen LogP contribution < -0.4 is 5.32 Å². The summed E-state index contributed by atoms with van der Waals surface area (Å²) in [6, 6.07) is 8.85. The number of aryl methyl sites for hydroxylation is 1. The number of nitrogens with one attached hydrogen (secondary N) is 1. The van der Waals surface area contributed by atoms with Crippen LogP contribution in [-0.4, -0.2) is 32.2 Å². The number of amides is 1. The second-order valence-electron chi connectivity index (χ2n) is 7.05. The number of carbonyl (C=O) groups is 2. The lowest BCUT2D eigenvalue weighted by atomic mass is 10.1. The second kappa shape index (κ2) is 10.2. The minimum Gasteiger partial charge on any atom is -0.469 e. The molecule has 3 aromatic rings. The highest BCUT2D eigenvalue weighted by atomic mass is 32.2. The van der Waals surface area contributed by atoms with Gasteiger partial charge in [0.05, 0.1) is 17.6 Å². The van der Waals surface area contributed by atoms with E-state index in [0.29, 0.717) is 28.7 Å². The molecule has 0 atom stereocenters. The highest BCUT2D eigenvalue weighted by Crippen LogP contribution is 2.26. The Morgan fingerprint density at radius 2 is 1.90 bits per heavy atom. The zero-order valence-electron chi connectivity index (χ0n) is 17.5. The number of furan rings is 1. The number of thioether (sulfide) groups is 1. The van der Waals surface area contributed by atoms with Crippen molar-refractivity contribution >= 4 is 29.1 Å². The molecule has 158 valence electrons. The number of hydrogen-bond acceptors (Lipinski definition) is 6. The van der Waals surface area contributed by atoms with Gasteiger partial charge >= 0.3 is 0 Å². The third kappa shape index (κ3) is 5.38. The highest BCUT2D eigenvalue weighted by molar-refractivity contribution is 7.99. The molecule has 3 rings (SSSR count). The number of carbonyl (C=O) groups excluding carboxylic acids is 2. The van der Waals surface area contributed by atoms with Crippen LogP contribution in [0.15, 0.2) is 46.2 Å². The van der Waals surface area contributed by atoms with Gasteiger partial charge in [-0.2, -0.15) is 0 Å². The van der Waals surface area contributed by atoms with Crippen molar-refractivity contribution in [1.29, 1.82) is 0 Å². The van der Waals surface area contributed by atoms with E-state index in [-0.39, 0.29) is 17.4 Å². The zero-order valence-corrected chi connectivity index (χ0v) is 18.3. The molecule has 30 heavy (non-hydrogen) atoms. The standard InChI is InChI=1S/C22H26N4O3S/c1-4-5-6-7-20(28)23-17-10-8-16(9-11-17)19(27)14-30-22-25-24-21(26(22)3)18-12-13-29-15(18)2/h8-13H,4-7,14H2,1-3H3,(H,23,28). The maximum absolute atomic E-state index is 12.5. The molecule has 0 radical (unpaired) electrons. The fraction of sp³-hybridized carbons (Fsp3) is 0.364. The van der Waals surface area contributed by atoms with Crippen molar-refractivity contribution in [3.8, 4) is 11.4 Å². The van der Waals surface area contributed by atoms with Crippen molar-refractivity contribution < 1.29 is 14.0 Å². The molecule has 2 heterocycles. The third-order valence-electron chi connectivity index (χ3n) is 4.77. The van der Waals surface area contributed by atoms with Gasteiger partial charge < -0.3 is 14.3 Å². The van der Waals surface area contributed by atoms with E-state index in [2.05, 4.69) is 22.4 Å². The summed E-state index contributed by atoms with van der Waals surface area (Å²) in [6.07, 6.45) is 5.16. The summed E-state index contributed by atoms with van der Waals surface area (Å²) in [5, 5.41) is 11.9. The van der Waals surface area contributed by atoms with Crippen molar-refractivity contribution in [2.45, 2.75) is 44.7 Å². The summed E-state index contributed by atoms with van der Waals surface area (Å²) < 4.78 is 7.18. The topological polar surface area (TPSA) is 90.0 Å². The molecule has 0 spiro atoms. The van der Waals surface area contributed by atoms with E-state index in [1.165, 1.54) is 11.8 Å². The van der Waals surface area contributed by atoms with Crippen molar-refractivity contribution in [3.63, 3.8) is 0 Å². The molecule has 0 aliphatic rings. The molecule has 0 saturated heterocycles. The van der Waals surface area contributed by atoms with E-state index in [0.717, 1.165) is 30.6 Å². The quantitative estimate of drug-likeness (QED) is 0.282. The van der Waals surface area contributed by atoms with E-state index < -0.39 is 0 Å². The van der Waals surface area contributed by atoms with Gasteiger partial charge in [-0.1, -0.05) is 31.5 Å². The molecule has 0 aliphatic carbocycles. The third-order valence-corrected chi connectivity index (χ3v) is 5.79. The fourth-order valence-electron chi connectivity index (χ4n) is 3.00. The molecule has 7 nitrogen and oxygen atoms in total. The first kappa shape index (κ1) is 21.8. The van der Waals surface area contributed by atoms with Gasteiger partial charge in [0.1, 0.15) is 5.76 Å². The summed E-state index contributed by atoms with van der Waals surface area (Å²) >= 11 is 1.34. The van der Waals surface area contributed by atoms with Crippen LogP contribution in [0.3, 0.4) is 0 Å². The average molecular weight is 427 g/mol. The number of benzene rings is 1. The van der Waals surface area contributed by atoms with Crippen LogP contribution in [0.5, 0.6) is 0 Å². The Balaban J connectivity index is 1.55. The van der Waals surface area contributed by atoms with E-state index >= 15 is 0 Å². The van der Waals surface area contributed by atoms with Crippen LogP contribution in [0.25, 0.3) is 11.4 Å². The van der Waals surface area contributed by atoms with E-state index in [1.54, 1.807) is 30.5 Å². The van der Waals surface area contributed by atoms with Crippen LogP contribution in [0, 0.1) is 6.92 Å². The molecule has 8 heteroatoms. The second-order valence-corrected chi connectivity index (χ2v) is 7.99. The Kier molecular flexibility index (Phi) is 7.46. The first-order valence-electron chi connectivity index (χ1n) is 9.99. The normalized spacial score (nSPS) is 10.9. The van der Waals surface area contributed by atoms with Crippen LogP contribution in [0.4, 0.5) is 5.69 Å². The zero-order chi connectivity index (χ0) is 21.5. The largest absolute Gasteiger partial charge is 0.469 e. The van der Waals surface area contributed by atoms with Gasteiger partial charge in [0, 0.05) is 24.7 Å². The molecule has 1 N–H and O–H groups in total. The summed E-state index contributed by atoms with van der Waals surface area (Å²) in [4.78, 5) is 24.4. The summed E-state index contributed by atoms with van der Waals surface area (Å²) in [6.45, 7) is 3.98. The number of rotatable bonds is 10. The minimum absolute atomic E-state index is 0.00373. The first-order valence-corrected chi connectivity index (χ1v) is 11.0. The molecule has 1 aromatic carbocycles. The smallest absolute Gasteiger partial charge is 0.224 e. The van der Waals surface area contributed by atoms with Crippen LogP contribution in [0.2, 0.25) is 0 Å². The van der Waals surface area contributed by atoms with E-state index in [9.17, 15) is 9.59 Å². The Labute approximate surface area is 180 Å². The van der Waals surface area contributed by atoms with Crippen molar-refractivity contribution in [3.05, 3.63) is 47.9 Å². The monoisotopic (exact) mass is 426 g/mol. The number of unbranched alkanes of at least 4 members (excludes halogenated alkanes) is 2. The van der Waals surface area contributed by atoms with Crippen LogP contribution >= 0.6 is 11.8 Å². The maximum atomic E-state index is 12.5. The van der Waals surface area contributed by atoms with Gasteiger partial charge in [0.2, 0.25) is 5.91 Å². The van der Waals surface area contributed by atoms with Crippen LogP contribution in [0.1, 0.15) is 48.7 Å². The first-order chi connectivity index (χ1) is 14.5. The number of nitrogens with zero attached hydrogens (tertiary/aromatic N) is 3. The Morgan fingerprint density at radius 1 is 1.13 bits per heavy atom. The molecule has 1 amide bonds. The maximum Gasteiger partial charge on any atom is 0.224 e. The van der Waals surface area contributed by atoms with Gasteiger partial charge in [-0.25, -0.2) is 0 Å². The lowest BCUT2D eigenvalue weighted by Crippen LogP contribution is -2.11. The molecular weight excluding hydrogens is 400 g/mol. The summed E-state index contributed by atoms with van der Waals surface area (Å²) in [5.41, 5.74) is 2.18. The minimum atomic E-state index is -0.00939. The fourth-order valence-corrected chi connectivity index (χ4v) is 3.81. The van der Waals surface area contributed by atoms with Crippen molar-refractivity contribution in [2.75, 3.05) is 11.1 Å². The number of aromatic nitrogens is 3. The van der Waals surface area contributed by atoms with Gasteiger partial charge in [-0.05, 0) is 43.7 Å². The molecular formula is C22H26N4O3S. The van der Waals surface area contributed by atoms with E-state index in [1.807, 2.05) is 24.6 Å². The van der Waals surface area contributed by atoms with Gasteiger partial charge in [-0.3, -0.25) is 9.59 Å². The average Bonchev–Trinajstić information content (AvgIpc) is 3.31. The lowest BCUT2D eigenvalue weighted by molar-refractivity contribution is -0.116. The van der Waals surface area contributed by atoms with Gasteiger partial charge in [-0.15, -0.1) is 10.2 Å². The predicted molar refractivity (Wildman–Crippen MR) is 118 cm³/mol. The van der Waals surface area contributed by atoms with E-state index in [4.69, 9.17) is 4.42 Å². The summed E-state index contributed by atoms with van der Waals surface area (Å²) in [5.74, 6) is 1.72. The molecule has 0 unspecified atom stereocenters. The molecule has 2 aromatic heterocycles. The molecule has 0 bridgehead atoms. The van der Waals surface area contributed by atoms with Crippen molar-refractivity contribution in [1.82, 2.24) is 14.8 Å². The molecule has 0 saturated carbocycles. The van der Waals surface area contributed by atoms with Crippen LogP contribution in [-0.2, 0) is 11.8 Å². The molecule has 0 aliphatic heterocycles. The highest BCUT2D eigenvalue weighted by Gasteiger charge is 2.16. The Hall–Kier alpha value is -2.87. The Morgan fingerprint density at radius 3 is 2.57 bits per heavy atom. The van der Waals surface area contributed by atoms with Gasteiger partial charge in [0.25, 0.3) is 0 Å². The molecule has 0 fully saturated rings. The predicted octanol–water partition coefficient (Wildman–Crippen LogP) is 4.88. The van der Waals surface area contributed by atoms with Gasteiger partial charge in [0.15, 0.2) is 16.8 Å². The lowest BCUT2D eigenvalue weighted by Gasteiger charge is -2.06. The number of ketones is 1. The SMILES string of the molecule is CCCCCC(=O)Nc1ccc(C(=O)CSc2nnc(-c3ccoc3C)n2C)cc1. The number of anilines is 1.